The Hall–Kier alpha value is -1.03. The largest absolute Gasteiger partial charge is 0.205 e. The van der Waals surface area contributed by atoms with Crippen LogP contribution < -0.4 is 0 Å². The van der Waals surface area contributed by atoms with Crippen molar-refractivity contribution in [3.63, 3.8) is 0 Å². The molecule has 0 aliphatic carbocycles. The lowest BCUT2D eigenvalue weighted by Crippen LogP contribution is -1.87. The second kappa shape index (κ2) is 2.79. The minimum Gasteiger partial charge on any atom is -0.205 e. The Bertz CT molecular complexity index is 389. The molecule has 0 aliphatic rings. The molecule has 1 aromatic heterocycles. The van der Waals surface area contributed by atoms with Gasteiger partial charge < -0.3 is 0 Å². The second-order valence-electron chi connectivity index (χ2n) is 2.33. The zero-order valence-corrected chi connectivity index (χ0v) is 7.55. The maximum atomic E-state index is 13.0. The lowest BCUT2D eigenvalue weighted by Gasteiger charge is -1.97. The lowest BCUT2D eigenvalue weighted by atomic mass is 10.2. The Morgan fingerprint density at radius 3 is 2.92 bits per heavy atom. The molecule has 12 heavy (non-hydrogen) atoms. The molecule has 0 unspecified atom stereocenters. The van der Waals surface area contributed by atoms with E-state index in [0.29, 0.717) is 5.52 Å². The van der Waals surface area contributed by atoms with E-state index in [1.54, 1.807) is 18.3 Å². The molecule has 0 fully saturated rings. The number of hydrogen-bond donors (Lipinski definition) is 0. The van der Waals surface area contributed by atoms with Crippen LogP contribution in [0.2, 0.25) is 0 Å². The van der Waals surface area contributed by atoms with Crippen molar-refractivity contribution >= 4 is 26.8 Å². The quantitative estimate of drug-likeness (QED) is 0.691. The molecule has 60 valence electrons. The van der Waals surface area contributed by atoms with Gasteiger partial charge in [-0.1, -0.05) is 12.1 Å². The lowest BCUT2D eigenvalue weighted by molar-refractivity contribution is 0.635. The third kappa shape index (κ3) is 1.08. The van der Waals surface area contributed by atoms with Gasteiger partial charge >= 0.3 is 0 Å². The number of rotatable bonds is 0. The summed E-state index contributed by atoms with van der Waals surface area (Å²) >= 11 is 3.26. The summed E-state index contributed by atoms with van der Waals surface area (Å²) in [7, 11) is 0. The number of nitrogens with zero attached hydrogens (tertiary/aromatic N) is 2. The smallest absolute Gasteiger partial charge is 0.151 e. The number of fused-ring (bicyclic) bond motifs is 1. The van der Waals surface area contributed by atoms with E-state index in [9.17, 15) is 4.39 Å². The third-order valence-corrected chi connectivity index (χ3v) is 2.20. The van der Waals surface area contributed by atoms with Gasteiger partial charge in [-0.3, -0.25) is 0 Å². The van der Waals surface area contributed by atoms with Crippen molar-refractivity contribution < 1.29 is 4.39 Å². The summed E-state index contributed by atoms with van der Waals surface area (Å²) in [4.78, 5) is 0. The fourth-order valence-electron chi connectivity index (χ4n) is 1.02. The highest BCUT2D eigenvalue weighted by molar-refractivity contribution is 9.10. The summed E-state index contributed by atoms with van der Waals surface area (Å²) in [5.41, 5.74) is 0.298. The third-order valence-electron chi connectivity index (χ3n) is 1.57. The monoisotopic (exact) mass is 226 g/mol. The molecule has 4 heteroatoms. The maximum Gasteiger partial charge on any atom is 0.151 e. The molecule has 2 aromatic rings. The van der Waals surface area contributed by atoms with Gasteiger partial charge in [0.25, 0.3) is 0 Å². The molecule has 2 rings (SSSR count). The number of halogens is 2. The van der Waals surface area contributed by atoms with Crippen molar-refractivity contribution in [3.05, 3.63) is 34.7 Å². The summed E-state index contributed by atoms with van der Waals surface area (Å²) in [5, 5.41) is 8.06. The zero-order valence-electron chi connectivity index (χ0n) is 5.96. The van der Waals surface area contributed by atoms with E-state index in [0.717, 1.165) is 9.86 Å². The van der Waals surface area contributed by atoms with Crippen molar-refractivity contribution in [3.8, 4) is 0 Å². The van der Waals surface area contributed by atoms with Gasteiger partial charge in [0, 0.05) is 9.86 Å². The predicted octanol–water partition coefficient (Wildman–Crippen LogP) is 2.53. The number of benzene rings is 1. The average Bonchev–Trinajstić information content (AvgIpc) is 2.07. The fourth-order valence-corrected chi connectivity index (χ4v) is 1.43. The van der Waals surface area contributed by atoms with Crippen LogP contribution in [0.1, 0.15) is 0 Å². The van der Waals surface area contributed by atoms with Gasteiger partial charge in [0.05, 0.1) is 6.20 Å². The van der Waals surface area contributed by atoms with E-state index in [2.05, 4.69) is 26.1 Å². The van der Waals surface area contributed by atoms with Crippen molar-refractivity contribution in [2.75, 3.05) is 0 Å². The van der Waals surface area contributed by atoms with Gasteiger partial charge in [-0.2, -0.15) is 5.10 Å². The molecule has 0 radical (unpaired) electrons. The summed E-state index contributed by atoms with van der Waals surface area (Å²) in [5.74, 6) is -0.346. The van der Waals surface area contributed by atoms with Crippen LogP contribution in [0.4, 0.5) is 4.39 Å². The van der Waals surface area contributed by atoms with Crippen molar-refractivity contribution in [1.82, 2.24) is 10.2 Å². The number of hydrogen-bond acceptors (Lipinski definition) is 2. The van der Waals surface area contributed by atoms with Crippen molar-refractivity contribution in [1.29, 1.82) is 0 Å². The van der Waals surface area contributed by atoms with Crippen LogP contribution in [0.15, 0.2) is 28.9 Å². The van der Waals surface area contributed by atoms with Gasteiger partial charge in [0.2, 0.25) is 0 Å². The van der Waals surface area contributed by atoms with Gasteiger partial charge in [-0.15, -0.1) is 5.10 Å². The van der Waals surface area contributed by atoms with Crippen molar-refractivity contribution in [2.24, 2.45) is 0 Å². The SMILES string of the molecule is Fc1cccc2c(Br)cnnc12. The maximum absolute atomic E-state index is 13.0. The normalized spacial score (nSPS) is 10.5. The van der Waals surface area contributed by atoms with E-state index in [1.165, 1.54) is 6.07 Å². The summed E-state index contributed by atoms with van der Waals surface area (Å²) < 4.78 is 13.8. The predicted molar refractivity (Wildman–Crippen MR) is 47.2 cm³/mol. The van der Waals surface area contributed by atoms with E-state index < -0.39 is 0 Å². The van der Waals surface area contributed by atoms with Crippen LogP contribution in [0.25, 0.3) is 10.9 Å². The van der Waals surface area contributed by atoms with Crippen LogP contribution in [-0.4, -0.2) is 10.2 Å². The van der Waals surface area contributed by atoms with Crippen LogP contribution in [0.3, 0.4) is 0 Å². The molecule has 0 spiro atoms. The fraction of sp³-hybridized carbons (Fsp3) is 0. The molecule has 2 nitrogen and oxygen atoms in total. The molecular weight excluding hydrogens is 223 g/mol. The van der Waals surface area contributed by atoms with Crippen molar-refractivity contribution in [2.45, 2.75) is 0 Å². The molecule has 0 saturated carbocycles. The van der Waals surface area contributed by atoms with Crippen LogP contribution in [-0.2, 0) is 0 Å². The molecule has 0 N–H and O–H groups in total. The van der Waals surface area contributed by atoms with Gasteiger partial charge in [-0.25, -0.2) is 4.39 Å². The Morgan fingerprint density at radius 1 is 1.33 bits per heavy atom. The molecule has 1 aromatic carbocycles. The molecule has 0 amide bonds. The summed E-state index contributed by atoms with van der Waals surface area (Å²) in [6.07, 6.45) is 1.54. The first-order valence-corrected chi connectivity index (χ1v) is 4.14. The van der Waals surface area contributed by atoms with E-state index in [4.69, 9.17) is 0 Å². The molecule has 0 bridgehead atoms. The summed E-state index contributed by atoms with van der Waals surface area (Å²) in [6.45, 7) is 0. The molecule has 0 aliphatic heterocycles. The van der Waals surface area contributed by atoms with Crippen LogP contribution >= 0.6 is 15.9 Å². The van der Waals surface area contributed by atoms with E-state index >= 15 is 0 Å². The zero-order chi connectivity index (χ0) is 8.55. The van der Waals surface area contributed by atoms with Gasteiger partial charge in [-0.05, 0) is 22.0 Å². The minimum absolute atomic E-state index is 0.298. The standard InChI is InChI=1S/C8H4BrFN2/c9-6-4-11-12-8-5(6)2-1-3-7(8)10/h1-4H. The highest BCUT2D eigenvalue weighted by Crippen LogP contribution is 2.21. The minimum atomic E-state index is -0.346. The Balaban J connectivity index is 2.94. The number of aromatic nitrogens is 2. The first-order chi connectivity index (χ1) is 5.79. The topological polar surface area (TPSA) is 25.8 Å². The Morgan fingerprint density at radius 2 is 2.17 bits per heavy atom. The van der Waals surface area contributed by atoms with Crippen LogP contribution in [0, 0.1) is 5.82 Å². The van der Waals surface area contributed by atoms with E-state index in [1.807, 2.05) is 0 Å². The Labute approximate surface area is 76.6 Å². The molecular formula is C8H4BrFN2. The second-order valence-corrected chi connectivity index (χ2v) is 3.18. The Kier molecular flexibility index (Phi) is 1.77. The summed E-state index contributed by atoms with van der Waals surface area (Å²) in [6, 6.07) is 4.80. The first-order valence-electron chi connectivity index (χ1n) is 3.34. The molecule has 1 heterocycles. The average molecular weight is 227 g/mol. The molecule has 0 saturated heterocycles. The van der Waals surface area contributed by atoms with Gasteiger partial charge in [0.1, 0.15) is 5.52 Å². The van der Waals surface area contributed by atoms with E-state index in [-0.39, 0.29) is 5.82 Å². The highest BCUT2D eigenvalue weighted by atomic mass is 79.9. The van der Waals surface area contributed by atoms with Gasteiger partial charge in [0.15, 0.2) is 5.82 Å². The first kappa shape index (κ1) is 7.61. The molecule has 0 atom stereocenters. The highest BCUT2D eigenvalue weighted by Gasteiger charge is 2.03. The van der Waals surface area contributed by atoms with Crippen LogP contribution in [0.5, 0.6) is 0 Å².